The van der Waals surface area contributed by atoms with Gasteiger partial charge in [0.05, 0.1) is 6.54 Å². The first-order valence-electron chi connectivity index (χ1n) is 8.09. The number of ether oxygens (including phenoxy) is 1. The molecule has 0 saturated heterocycles. The van der Waals surface area contributed by atoms with Gasteiger partial charge in [-0.15, -0.1) is 10.2 Å². The molecule has 0 bridgehead atoms. The number of nitrogens with one attached hydrogen (secondary N) is 2. The molecule has 142 valence electrons. The molecule has 10 nitrogen and oxygen atoms in total. The van der Waals surface area contributed by atoms with Crippen LogP contribution in [0.2, 0.25) is 0 Å². The van der Waals surface area contributed by atoms with Gasteiger partial charge in [-0.3, -0.25) is 4.79 Å². The lowest BCUT2D eigenvalue weighted by Crippen LogP contribution is -2.30. The molecule has 0 aliphatic rings. The van der Waals surface area contributed by atoms with Crippen LogP contribution >= 0.6 is 0 Å². The van der Waals surface area contributed by atoms with E-state index in [1.54, 1.807) is 43.4 Å². The quantitative estimate of drug-likeness (QED) is 0.326. The zero-order valence-corrected chi connectivity index (χ0v) is 15.0. The molecule has 1 amide bonds. The minimum atomic E-state index is -0.763. The van der Waals surface area contributed by atoms with Gasteiger partial charge < -0.3 is 26.8 Å². The molecule has 2 aromatic rings. The topological polar surface area (TPSA) is 157 Å². The molecule has 6 N–H and O–H groups in total. The highest BCUT2D eigenvalue weighted by atomic mass is 16.5. The maximum absolute atomic E-state index is 11.7. The van der Waals surface area contributed by atoms with Crippen molar-refractivity contribution in [1.29, 1.82) is 0 Å². The molecular weight excluding hydrogens is 350 g/mol. The Morgan fingerprint density at radius 3 is 2.56 bits per heavy atom. The first-order valence-corrected chi connectivity index (χ1v) is 8.09. The number of likely N-dealkylation sites (N-methyl/N-ethyl adjacent to an activating group) is 1. The summed E-state index contributed by atoms with van der Waals surface area (Å²) in [6, 6.07) is 8.99. The van der Waals surface area contributed by atoms with Crippen LogP contribution in [0.5, 0.6) is 5.75 Å². The molecule has 0 unspecified atom stereocenters. The standard InChI is InChI=1S/C17H21N7O3/c1-10(18)17(26)27-13-6-4-3-5-11(13)23-24-12-7-8-14(22-16(12)19)21-15(25)9-20-2/h3-8,10,20H,9,18H2,1-2H3,(H3,19,21,22,25)/t10-/m0/s1. The highest BCUT2D eigenvalue weighted by Crippen LogP contribution is 2.30. The molecule has 0 fully saturated rings. The highest BCUT2D eigenvalue weighted by molar-refractivity contribution is 5.91. The minimum absolute atomic E-state index is 0.0889. The van der Waals surface area contributed by atoms with E-state index in [2.05, 4.69) is 25.8 Å². The average Bonchev–Trinajstić information content (AvgIpc) is 2.62. The number of hydrogen-bond donors (Lipinski definition) is 4. The molecule has 0 radical (unpaired) electrons. The number of carbonyl (C=O) groups excluding carboxylic acids is 2. The lowest BCUT2D eigenvalue weighted by molar-refractivity contribution is -0.135. The fraction of sp³-hybridized carbons (Fsp3) is 0.235. The Morgan fingerprint density at radius 2 is 1.89 bits per heavy atom. The molecule has 2 rings (SSSR count). The summed E-state index contributed by atoms with van der Waals surface area (Å²) in [4.78, 5) is 27.3. The maximum atomic E-state index is 11.7. The molecule has 0 spiro atoms. The van der Waals surface area contributed by atoms with Gasteiger partial charge in [0.25, 0.3) is 0 Å². The van der Waals surface area contributed by atoms with Gasteiger partial charge in [-0.2, -0.15) is 0 Å². The Bertz CT molecular complexity index is 852. The van der Waals surface area contributed by atoms with Crippen molar-refractivity contribution in [2.75, 3.05) is 24.6 Å². The van der Waals surface area contributed by atoms with Crippen LogP contribution in [-0.2, 0) is 9.59 Å². The Balaban J connectivity index is 2.16. The number of carbonyl (C=O) groups is 2. The number of nitrogens with two attached hydrogens (primary N) is 2. The molecule has 0 aliphatic carbocycles. The van der Waals surface area contributed by atoms with Gasteiger partial charge in [0, 0.05) is 0 Å². The number of benzene rings is 1. The van der Waals surface area contributed by atoms with Gasteiger partial charge in [-0.25, -0.2) is 9.78 Å². The molecule has 0 saturated carbocycles. The number of para-hydroxylation sites is 1. The minimum Gasteiger partial charge on any atom is -0.423 e. The predicted octanol–water partition coefficient (Wildman–Crippen LogP) is 1.49. The summed E-state index contributed by atoms with van der Waals surface area (Å²) in [5, 5.41) is 13.4. The molecule has 0 aliphatic heterocycles. The number of esters is 1. The van der Waals surface area contributed by atoms with Crippen molar-refractivity contribution in [1.82, 2.24) is 10.3 Å². The second-order valence-electron chi connectivity index (χ2n) is 5.56. The highest BCUT2D eigenvalue weighted by Gasteiger charge is 2.13. The number of nitrogens with zero attached hydrogens (tertiary/aromatic N) is 3. The number of anilines is 2. The van der Waals surface area contributed by atoms with E-state index in [1.807, 2.05) is 0 Å². The van der Waals surface area contributed by atoms with E-state index in [0.717, 1.165) is 0 Å². The molecule has 1 aromatic carbocycles. The van der Waals surface area contributed by atoms with E-state index in [1.165, 1.54) is 6.92 Å². The first kappa shape index (κ1) is 19.9. The van der Waals surface area contributed by atoms with Crippen LogP contribution in [0.1, 0.15) is 6.92 Å². The number of aromatic nitrogens is 1. The number of pyridine rings is 1. The van der Waals surface area contributed by atoms with Crippen molar-refractivity contribution in [2.24, 2.45) is 16.0 Å². The number of nitrogen functional groups attached to an aromatic ring is 1. The summed E-state index contributed by atoms with van der Waals surface area (Å²) < 4.78 is 5.19. The van der Waals surface area contributed by atoms with Gasteiger partial charge in [0.2, 0.25) is 5.91 Å². The second-order valence-corrected chi connectivity index (χ2v) is 5.56. The Labute approximate surface area is 156 Å². The van der Waals surface area contributed by atoms with Crippen molar-refractivity contribution in [3.63, 3.8) is 0 Å². The van der Waals surface area contributed by atoms with Gasteiger partial charge in [0.15, 0.2) is 11.6 Å². The van der Waals surface area contributed by atoms with Crippen LogP contribution in [0.15, 0.2) is 46.6 Å². The predicted molar refractivity (Wildman–Crippen MR) is 101 cm³/mol. The fourth-order valence-corrected chi connectivity index (χ4v) is 1.90. The summed E-state index contributed by atoms with van der Waals surface area (Å²) in [5.74, 6) is -0.209. The summed E-state index contributed by atoms with van der Waals surface area (Å²) in [6.45, 7) is 1.68. The van der Waals surface area contributed by atoms with Crippen molar-refractivity contribution in [3.8, 4) is 5.75 Å². The van der Waals surface area contributed by atoms with E-state index in [4.69, 9.17) is 16.2 Å². The Morgan fingerprint density at radius 1 is 1.19 bits per heavy atom. The van der Waals surface area contributed by atoms with E-state index >= 15 is 0 Å². The van der Waals surface area contributed by atoms with E-state index in [-0.39, 0.29) is 24.0 Å². The van der Waals surface area contributed by atoms with Crippen LogP contribution in [0.4, 0.5) is 23.0 Å². The normalized spacial score (nSPS) is 12.0. The van der Waals surface area contributed by atoms with Crippen LogP contribution in [0.3, 0.4) is 0 Å². The smallest absolute Gasteiger partial charge is 0.328 e. The zero-order valence-electron chi connectivity index (χ0n) is 15.0. The van der Waals surface area contributed by atoms with Crippen LogP contribution in [0.25, 0.3) is 0 Å². The summed E-state index contributed by atoms with van der Waals surface area (Å²) in [5.41, 5.74) is 12.0. The van der Waals surface area contributed by atoms with Crippen molar-refractivity contribution >= 4 is 34.9 Å². The molecule has 1 aromatic heterocycles. The summed E-state index contributed by atoms with van der Waals surface area (Å²) in [7, 11) is 1.66. The third-order valence-corrected chi connectivity index (χ3v) is 3.22. The largest absolute Gasteiger partial charge is 0.423 e. The fourth-order valence-electron chi connectivity index (χ4n) is 1.90. The number of rotatable bonds is 7. The molecule has 1 heterocycles. The number of hydrogen-bond acceptors (Lipinski definition) is 9. The van der Waals surface area contributed by atoms with Crippen molar-refractivity contribution in [2.45, 2.75) is 13.0 Å². The SMILES string of the molecule is CNCC(=O)Nc1ccc(N=Nc2ccccc2OC(=O)[C@H](C)N)c(N)n1. The van der Waals surface area contributed by atoms with Crippen LogP contribution in [-0.4, -0.2) is 36.5 Å². The Hall–Kier alpha value is -3.37. The third kappa shape index (κ3) is 5.83. The monoisotopic (exact) mass is 371 g/mol. The molecule has 27 heavy (non-hydrogen) atoms. The second kappa shape index (κ2) is 9.36. The molecule has 10 heteroatoms. The van der Waals surface area contributed by atoms with Gasteiger partial charge in [0.1, 0.15) is 23.2 Å². The first-order chi connectivity index (χ1) is 12.9. The van der Waals surface area contributed by atoms with Gasteiger partial charge in [-0.05, 0) is 38.2 Å². The third-order valence-electron chi connectivity index (χ3n) is 3.22. The van der Waals surface area contributed by atoms with Gasteiger partial charge in [-0.1, -0.05) is 12.1 Å². The average molecular weight is 371 g/mol. The summed E-state index contributed by atoms with van der Waals surface area (Å²) >= 11 is 0. The zero-order chi connectivity index (χ0) is 19.8. The van der Waals surface area contributed by atoms with Crippen molar-refractivity contribution in [3.05, 3.63) is 36.4 Å². The maximum Gasteiger partial charge on any atom is 0.328 e. The van der Waals surface area contributed by atoms with E-state index in [9.17, 15) is 9.59 Å². The molecular formula is C17H21N7O3. The van der Waals surface area contributed by atoms with Crippen LogP contribution in [0, 0.1) is 0 Å². The van der Waals surface area contributed by atoms with Crippen molar-refractivity contribution < 1.29 is 14.3 Å². The van der Waals surface area contributed by atoms with Crippen LogP contribution < -0.4 is 26.8 Å². The Kier molecular flexibility index (Phi) is 6.92. The van der Waals surface area contributed by atoms with E-state index in [0.29, 0.717) is 17.2 Å². The summed E-state index contributed by atoms with van der Waals surface area (Å²) in [6.07, 6.45) is 0. The lowest BCUT2D eigenvalue weighted by Gasteiger charge is -2.08. The van der Waals surface area contributed by atoms with Gasteiger partial charge >= 0.3 is 5.97 Å². The van der Waals surface area contributed by atoms with E-state index < -0.39 is 12.0 Å². The number of amides is 1. The molecule has 1 atom stereocenters. The number of azo groups is 1. The lowest BCUT2D eigenvalue weighted by atomic mass is 10.3.